The van der Waals surface area contributed by atoms with E-state index in [1.54, 1.807) is 17.0 Å². The highest BCUT2D eigenvalue weighted by molar-refractivity contribution is 5.77. The zero-order valence-electron chi connectivity index (χ0n) is 14.5. The molecule has 5 heteroatoms. The molecule has 2 aromatic carbocycles. The summed E-state index contributed by atoms with van der Waals surface area (Å²) in [6.45, 7) is 0.495. The second-order valence-electron chi connectivity index (χ2n) is 6.81. The molecular weight excluding hydrogens is 326 g/mol. The van der Waals surface area contributed by atoms with Crippen LogP contribution in [0.4, 0.5) is 0 Å². The minimum atomic E-state index is -0.0535. The number of hydrogen-bond donors (Lipinski definition) is 1. The Morgan fingerprint density at radius 1 is 1.08 bits per heavy atom. The smallest absolute Gasteiger partial charge is 0.261 e. The molecular formula is C21H21N3O2. The monoisotopic (exact) mass is 347 g/mol. The molecule has 5 nitrogen and oxygen atoms in total. The molecule has 1 aliphatic carbocycles. The number of benzene rings is 2. The third-order valence-corrected chi connectivity index (χ3v) is 4.95. The van der Waals surface area contributed by atoms with E-state index < -0.39 is 0 Å². The first-order chi connectivity index (χ1) is 12.7. The predicted octanol–water partition coefficient (Wildman–Crippen LogP) is 2.46. The first-order valence-corrected chi connectivity index (χ1v) is 9.01. The van der Waals surface area contributed by atoms with E-state index in [0.717, 1.165) is 12.8 Å². The molecule has 1 amide bonds. The van der Waals surface area contributed by atoms with Gasteiger partial charge in [0.2, 0.25) is 5.91 Å². The van der Waals surface area contributed by atoms with Gasteiger partial charge < -0.3 is 5.32 Å². The molecule has 3 aromatic rings. The van der Waals surface area contributed by atoms with E-state index in [2.05, 4.69) is 22.4 Å². The minimum absolute atomic E-state index is 0.0459. The molecule has 1 N–H and O–H groups in total. The standard InChI is InChI=1S/C21H21N3O2/c25-20(23-17-12-15-6-1-2-7-16(15)13-17)10-5-11-24-14-22-19-9-4-3-8-18(19)21(24)26/h1-4,6-9,14,17H,5,10-13H2,(H,23,25). The van der Waals surface area contributed by atoms with Gasteiger partial charge in [0.25, 0.3) is 5.56 Å². The van der Waals surface area contributed by atoms with Crippen molar-refractivity contribution in [2.75, 3.05) is 0 Å². The van der Waals surface area contributed by atoms with E-state index in [1.807, 2.05) is 30.3 Å². The van der Waals surface area contributed by atoms with E-state index in [9.17, 15) is 9.59 Å². The quantitative estimate of drug-likeness (QED) is 0.771. The molecule has 0 atom stereocenters. The van der Waals surface area contributed by atoms with Gasteiger partial charge >= 0.3 is 0 Å². The van der Waals surface area contributed by atoms with Gasteiger partial charge in [-0.1, -0.05) is 36.4 Å². The summed E-state index contributed by atoms with van der Waals surface area (Å²) in [4.78, 5) is 29.0. The molecule has 0 fully saturated rings. The average molecular weight is 347 g/mol. The summed E-state index contributed by atoms with van der Waals surface area (Å²) in [5, 5.41) is 3.73. The first-order valence-electron chi connectivity index (χ1n) is 9.01. The van der Waals surface area contributed by atoms with Gasteiger partial charge in [-0.15, -0.1) is 0 Å². The number of aryl methyl sites for hydroxylation is 1. The highest BCUT2D eigenvalue weighted by atomic mass is 16.1. The maximum atomic E-state index is 12.4. The molecule has 1 aromatic heterocycles. The molecule has 0 saturated carbocycles. The van der Waals surface area contributed by atoms with Crippen LogP contribution in [0.5, 0.6) is 0 Å². The molecule has 0 saturated heterocycles. The second-order valence-corrected chi connectivity index (χ2v) is 6.81. The van der Waals surface area contributed by atoms with E-state index >= 15 is 0 Å². The van der Waals surface area contributed by atoms with Gasteiger partial charge in [-0.05, 0) is 42.5 Å². The van der Waals surface area contributed by atoms with Crippen molar-refractivity contribution in [1.82, 2.24) is 14.9 Å². The number of carbonyl (C=O) groups excluding carboxylic acids is 1. The van der Waals surface area contributed by atoms with E-state index in [0.29, 0.717) is 30.3 Å². The summed E-state index contributed by atoms with van der Waals surface area (Å²) in [5.41, 5.74) is 3.30. The summed E-state index contributed by atoms with van der Waals surface area (Å²) in [6.07, 6.45) is 4.39. The van der Waals surface area contributed by atoms with Crippen LogP contribution in [0.25, 0.3) is 10.9 Å². The van der Waals surface area contributed by atoms with Crippen molar-refractivity contribution in [2.45, 2.75) is 38.3 Å². The molecule has 4 rings (SSSR count). The van der Waals surface area contributed by atoms with Crippen LogP contribution in [0.2, 0.25) is 0 Å². The lowest BCUT2D eigenvalue weighted by Crippen LogP contribution is -2.35. The lowest BCUT2D eigenvalue weighted by atomic mass is 10.1. The summed E-state index contributed by atoms with van der Waals surface area (Å²) in [5.74, 6) is 0.0459. The fourth-order valence-corrected chi connectivity index (χ4v) is 3.64. The van der Waals surface area contributed by atoms with Gasteiger partial charge in [0, 0.05) is 19.0 Å². The number of nitrogens with zero attached hydrogens (tertiary/aromatic N) is 2. The lowest BCUT2D eigenvalue weighted by Gasteiger charge is -2.12. The number of fused-ring (bicyclic) bond motifs is 2. The van der Waals surface area contributed by atoms with Gasteiger partial charge in [-0.3, -0.25) is 14.2 Å². The van der Waals surface area contributed by atoms with Crippen LogP contribution in [-0.4, -0.2) is 21.5 Å². The molecule has 1 heterocycles. The number of rotatable bonds is 5. The number of carbonyl (C=O) groups is 1. The topological polar surface area (TPSA) is 64.0 Å². The largest absolute Gasteiger partial charge is 0.353 e. The maximum absolute atomic E-state index is 12.4. The Morgan fingerprint density at radius 2 is 1.77 bits per heavy atom. The van der Waals surface area contributed by atoms with Gasteiger partial charge in [0.15, 0.2) is 0 Å². The van der Waals surface area contributed by atoms with Crippen LogP contribution in [0.3, 0.4) is 0 Å². The van der Waals surface area contributed by atoms with Crippen LogP contribution in [0, 0.1) is 0 Å². The minimum Gasteiger partial charge on any atom is -0.353 e. The van der Waals surface area contributed by atoms with Gasteiger partial charge in [0.05, 0.1) is 17.2 Å². The zero-order chi connectivity index (χ0) is 17.9. The molecule has 26 heavy (non-hydrogen) atoms. The van der Waals surface area contributed by atoms with Crippen molar-refractivity contribution in [3.8, 4) is 0 Å². The van der Waals surface area contributed by atoms with E-state index in [4.69, 9.17) is 0 Å². The third kappa shape index (κ3) is 3.38. The van der Waals surface area contributed by atoms with E-state index in [1.165, 1.54) is 11.1 Å². The third-order valence-electron chi connectivity index (χ3n) is 4.95. The summed E-state index contributed by atoms with van der Waals surface area (Å²) in [7, 11) is 0. The molecule has 132 valence electrons. The van der Waals surface area contributed by atoms with Crippen molar-refractivity contribution < 1.29 is 4.79 Å². The predicted molar refractivity (Wildman–Crippen MR) is 101 cm³/mol. The highest BCUT2D eigenvalue weighted by Gasteiger charge is 2.22. The first kappa shape index (κ1) is 16.5. The molecule has 1 aliphatic rings. The Labute approximate surface area is 151 Å². The number of aromatic nitrogens is 2. The lowest BCUT2D eigenvalue weighted by molar-refractivity contribution is -0.121. The second kappa shape index (κ2) is 7.12. The van der Waals surface area contributed by atoms with Crippen molar-refractivity contribution in [1.29, 1.82) is 0 Å². The fraction of sp³-hybridized carbons (Fsp3) is 0.286. The van der Waals surface area contributed by atoms with Crippen molar-refractivity contribution >= 4 is 16.8 Å². The van der Waals surface area contributed by atoms with Crippen LogP contribution < -0.4 is 10.9 Å². The number of para-hydroxylation sites is 1. The number of hydrogen-bond acceptors (Lipinski definition) is 3. The Bertz CT molecular complexity index is 984. The summed E-state index contributed by atoms with van der Waals surface area (Å²) < 4.78 is 1.58. The zero-order valence-corrected chi connectivity index (χ0v) is 14.5. The van der Waals surface area contributed by atoms with E-state index in [-0.39, 0.29) is 17.5 Å². The Kier molecular flexibility index (Phi) is 4.52. The van der Waals surface area contributed by atoms with Crippen LogP contribution in [-0.2, 0) is 24.2 Å². The number of nitrogens with one attached hydrogen (secondary N) is 1. The maximum Gasteiger partial charge on any atom is 0.261 e. The SMILES string of the molecule is O=C(CCCn1cnc2ccccc2c1=O)NC1Cc2ccccc2C1. The molecule has 0 unspecified atom stereocenters. The molecule has 0 aliphatic heterocycles. The Hall–Kier alpha value is -2.95. The van der Waals surface area contributed by atoms with Crippen molar-refractivity contribution in [3.05, 3.63) is 76.3 Å². The van der Waals surface area contributed by atoms with Crippen LogP contribution >= 0.6 is 0 Å². The molecule has 0 bridgehead atoms. The van der Waals surface area contributed by atoms with Gasteiger partial charge in [0.1, 0.15) is 0 Å². The molecule has 0 spiro atoms. The van der Waals surface area contributed by atoms with Crippen LogP contribution in [0.15, 0.2) is 59.7 Å². The fourth-order valence-electron chi connectivity index (χ4n) is 3.64. The van der Waals surface area contributed by atoms with Gasteiger partial charge in [-0.2, -0.15) is 0 Å². The number of amides is 1. The Morgan fingerprint density at radius 3 is 2.54 bits per heavy atom. The van der Waals surface area contributed by atoms with Crippen LogP contribution in [0.1, 0.15) is 24.0 Å². The average Bonchev–Trinajstić information content (AvgIpc) is 3.06. The van der Waals surface area contributed by atoms with Crippen molar-refractivity contribution in [2.24, 2.45) is 0 Å². The van der Waals surface area contributed by atoms with Crippen molar-refractivity contribution in [3.63, 3.8) is 0 Å². The van der Waals surface area contributed by atoms with Gasteiger partial charge in [-0.25, -0.2) is 4.98 Å². The highest BCUT2D eigenvalue weighted by Crippen LogP contribution is 2.21. The summed E-state index contributed by atoms with van der Waals surface area (Å²) >= 11 is 0. The molecule has 0 radical (unpaired) electrons. The normalized spacial score (nSPS) is 13.7. The summed E-state index contributed by atoms with van der Waals surface area (Å²) in [6, 6.07) is 15.8. The Balaban J connectivity index is 1.31.